The molecule has 0 amide bonds. The van der Waals surface area contributed by atoms with Crippen LogP contribution in [0.1, 0.15) is 18.0 Å². The number of phenols is 1. The van der Waals surface area contributed by atoms with Crippen molar-refractivity contribution in [2.75, 3.05) is 7.11 Å². The number of halogens is 4. The summed E-state index contributed by atoms with van der Waals surface area (Å²) in [5.41, 5.74) is 6.12. The van der Waals surface area contributed by atoms with Gasteiger partial charge < -0.3 is 15.6 Å². The van der Waals surface area contributed by atoms with E-state index < -0.39 is 18.9 Å². The number of hydrogen-bond acceptors (Lipinski definition) is 3. The largest absolute Gasteiger partial charge is 0.503 e. The average molecular weight is 375 g/mol. The number of rotatable bonds is 4. The van der Waals surface area contributed by atoms with Gasteiger partial charge in [-0.1, -0.05) is 0 Å². The normalized spacial score (nSPS) is 12.9. The minimum absolute atomic E-state index is 0.104. The molecule has 0 saturated carbocycles. The molecule has 1 rings (SSSR count). The molecule has 1 atom stereocenters. The van der Waals surface area contributed by atoms with Gasteiger partial charge in [0.25, 0.3) is 0 Å². The number of benzene rings is 1. The topological polar surface area (TPSA) is 55.5 Å². The number of hydrogen-bond donors (Lipinski definition) is 2. The summed E-state index contributed by atoms with van der Waals surface area (Å²) in [7, 11) is 1.37. The Kier molecular flexibility index (Phi) is 5.15. The third-order valence-corrected chi connectivity index (χ3v) is 4.38. The van der Waals surface area contributed by atoms with Gasteiger partial charge in [-0.05, 0) is 43.5 Å². The summed E-state index contributed by atoms with van der Waals surface area (Å²) in [6.45, 7) is 0. The van der Waals surface area contributed by atoms with Crippen LogP contribution in [0.2, 0.25) is 0 Å². The Bertz CT molecular complexity index is 416. The molecule has 17 heavy (non-hydrogen) atoms. The van der Waals surface area contributed by atoms with Crippen LogP contribution in [0.4, 0.5) is 8.78 Å². The zero-order valence-electron chi connectivity index (χ0n) is 8.88. The van der Waals surface area contributed by atoms with Crippen molar-refractivity contribution < 1.29 is 18.6 Å². The highest BCUT2D eigenvalue weighted by Gasteiger charge is 2.21. The van der Waals surface area contributed by atoms with Crippen LogP contribution in [0.15, 0.2) is 15.0 Å². The predicted octanol–water partition coefficient (Wildman–Crippen LogP) is 3.58. The molecule has 0 radical (unpaired) electrons. The van der Waals surface area contributed by atoms with Crippen molar-refractivity contribution in [3.63, 3.8) is 0 Å². The Labute approximate surface area is 114 Å². The van der Waals surface area contributed by atoms with Gasteiger partial charge in [0.1, 0.15) is 0 Å². The summed E-state index contributed by atoms with van der Waals surface area (Å²) in [5.74, 6) is 0.0761. The summed E-state index contributed by atoms with van der Waals surface area (Å²) in [4.78, 5) is 0. The lowest BCUT2D eigenvalue weighted by Crippen LogP contribution is -2.15. The number of phenolic OH excluding ortho intramolecular Hbond substituents is 1. The molecule has 0 aliphatic heterocycles. The van der Waals surface area contributed by atoms with Gasteiger partial charge in [-0.2, -0.15) is 0 Å². The first-order valence-electron chi connectivity index (χ1n) is 4.67. The average Bonchev–Trinajstić information content (AvgIpc) is 2.25. The number of methoxy groups -OCH3 is 1. The fourth-order valence-electron chi connectivity index (χ4n) is 1.36. The summed E-state index contributed by atoms with van der Waals surface area (Å²) in [6, 6.07) is 0.604. The van der Waals surface area contributed by atoms with E-state index in [0.717, 1.165) is 0 Å². The lowest BCUT2D eigenvalue weighted by atomic mass is 10.0. The molecule has 0 fully saturated rings. The molecule has 0 heterocycles. The second kappa shape index (κ2) is 5.97. The third kappa shape index (κ3) is 3.29. The third-order valence-electron chi connectivity index (χ3n) is 2.23. The van der Waals surface area contributed by atoms with E-state index in [-0.39, 0.29) is 11.5 Å². The van der Waals surface area contributed by atoms with Crippen molar-refractivity contribution in [1.29, 1.82) is 0 Å². The second-order valence-electron chi connectivity index (χ2n) is 3.38. The lowest BCUT2D eigenvalue weighted by Gasteiger charge is -2.17. The summed E-state index contributed by atoms with van der Waals surface area (Å²) in [5, 5.41) is 9.68. The minimum atomic E-state index is -2.49. The second-order valence-corrected chi connectivity index (χ2v) is 4.96. The molecular weight excluding hydrogens is 364 g/mol. The van der Waals surface area contributed by atoms with Crippen molar-refractivity contribution in [3.8, 4) is 11.5 Å². The van der Waals surface area contributed by atoms with E-state index in [9.17, 15) is 13.9 Å². The smallest absolute Gasteiger partial charge is 0.240 e. The van der Waals surface area contributed by atoms with E-state index >= 15 is 0 Å². The molecule has 96 valence electrons. The van der Waals surface area contributed by atoms with E-state index in [1.807, 2.05) is 0 Å². The quantitative estimate of drug-likeness (QED) is 0.846. The van der Waals surface area contributed by atoms with Crippen LogP contribution in [0.5, 0.6) is 11.5 Å². The van der Waals surface area contributed by atoms with Gasteiger partial charge in [0.2, 0.25) is 6.43 Å². The Hall–Kier alpha value is -0.400. The van der Waals surface area contributed by atoms with Gasteiger partial charge in [0, 0.05) is 16.9 Å². The maximum absolute atomic E-state index is 12.3. The highest BCUT2D eigenvalue weighted by Crippen LogP contribution is 2.43. The van der Waals surface area contributed by atoms with E-state index in [0.29, 0.717) is 14.5 Å². The van der Waals surface area contributed by atoms with E-state index in [1.54, 1.807) is 0 Å². The predicted molar refractivity (Wildman–Crippen MR) is 67.6 cm³/mol. The van der Waals surface area contributed by atoms with Crippen LogP contribution in [0.3, 0.4) is 0 Å². The molecule has 1 aromatic rings. The summed E-state index contributed by atoms with van der Waals surface area (Å²) in [6.07, 6.45) is -2.95. The molecular formula is C10H11Br2F2NO2. The zero-order chi connectivity index (χ0) is 13.2. The molecule has 0 saturated heterocycles. The van der Waals surface area contributed by atoms with Crippen molar-refractivity contribution in [2.45, 2.75) is 18.9 Å². The SMILES string of the molecule is COc1cc([C@@H](N)CC(F)F)c(Br)c(Br)c1O. The lowest BCUT2D eigenvalue weighted by molar-refractivity contribution is 0.128. The van der Waals surface area contributed by atoms with Crippen LogP contribution in [-0.2, 0) is 0 Å². The first-order valence-corrected chi connectivity index (χ1v) is 6.25. The molecule has 3 N–H and O–H groups in total. The monoisotopic (exact) mass is 373 g/mol. The Morgan fingerprint density at radius 1 is 1.41 bits per heavy atom. The van der Waals surface area contributed by atoms with Crippen LogP contribution in [0, 0.1) is 0 Å². The first-order chi connectivity index (χ1) is 7.88. The highest BCUT2D eigenvalue weighted by molar-refractivity contribution is 9.13. The van der Waals surface area contributed by atoms with E-state index in [2.05, 4.69) is 31.9 Å². The molecule has 0 bridgehead atoms. The van der Waals surface area contributed by atoms with E-state index in [1.165, 1.54) is 13.2 Å². The Morgan fingerprint density at radius 2 is 2.00 bits per heavy atom. The molecule has 0 unspecified atom stereocenters. The van der Waals surface area contributed by atoms with Crippen LogP contribution in [-0.4, -0.2) is 18.6 Å². The fourth-order valence-corrected chi connectivity index (χ4v) is 2.38. The maximum atomic E-state index is 12.3. The molecule has 3 nitrogen and oxygen atoms in total. The van der Waals surface area contributed by atoms with Gasteiger partial charge >= 0.3 is 0 Å². The highest BCUT2D eigenvalue weighted by atomic mass is 79.9. The van der Waals surface area contributed by atoms with Crippen molar-refractivity contribution in [1.82, 2.24) is 0 Å². The zero-order valence-corrected chi connectivity index (χ0v) is 12.1. The Balaban J connectivity index is 3.20. The van der Waals surface area contributed by atoms with Gasteiger partial charge in [-0.25, -0.2) is 8.78 Å². The van der Waals surface area contributed by atoms with Crippen LogP contribution >= 0.6 is 31.9 Å². The van der Waals surface area contributed by atoms with Gasteiger partial charge in [-0.15, -0.1) is 0 Å². The number of alkyl halides is 2. The standard InChI is InChI=1S/C10H11Br2F2NO2/c1-17-6-2-4(5(15)3-7(13)14)8(11)9(12)10(6)16/h2,5,7,16H,3,15H2,1H3/t5-/m0/s1. The minimum Gasteiger partial charge on any atom is -0.503 e. The number of aromatic hydroxyl groups is 1. The maximum Gasteiger partial charge on any atom is 0.240 e. The molecule has 7 heteroatoms. The van der Waals surface area contributed by atoms with E-state index in [4.69, 9.17) is 10.5 Å². The molecule has 0 aliphatic rings. The van der Waals surface area contributed by atoms with Crippen LogP contribution < -0.4 is 10.5 Å². The van der Waals surface area contributed by atoms with Crippen molar-refractivity contribution >= 4 is 31.9 Å². The molecule has 0 aromatic heterocycles. The number of nitrogens with two attached hydrogens (primary N) is 1. The van der Waals surface area contributed by atoms with Crippen molar-refractivity contribution in [2.24, 2.45) is 5.73 Å². The Morgan fingerprint density at radius 3 is 2.47 bits per heavy atom. The summed E-state index contributed by atoms with van der Waals surface area (Å²) >= 11 is 6.33. The van der Waals surface area contributed by atoms with Crippen molar-refractivity contribution in [3.05, 3.63) is 20.6 Å². The first kappa shape index (κ1) is 14.7. The fraction of sp³-hybridized carbons (Fsp3) is 0.400. The summed E-state index contributed by atoms with van der Waals surface area (Å²) < 4.78 is 30.3. The number of ether oxygens (including phenoxy) is 1. The molecule has 0 spiro atoms. The van der Waals surface area contributed by atoms with Crippen LogP contribution in [0.25, 0.3) is 0 Å². The van der Waals surface area contributed by atoms with Gasteiger partial charge in [0.15, 0.2) is 11.5 Å². The molecule has 1 aromatic carbocycles. The van der Waals surface area contributed by atoms with Gasteiger partial charge in [0.05, 0.1) is 11.6 Å². The molecule has 0 aliphatic carbocycles. The van der Waals surface area contributed by atoms with Gasteiger partial charge in [-0.3, -0.25) is 0 Å².